The highest BCUT2D eigenvalue weighted by Crippen LogP contribution is 2.34. The van der Waals surface area contributed by atoms with Gasteiger partial charge in [0.2, 0.25) is 0 Å². The average Bonchev–Trinajstić information content (AvgIpc) is 2.36. The molecule has 2 aromatic rings. The topological polar surface area (TPSA) is 12.9 Å². The number of benzene rings is 1. The molecule has 0 amide bonds. The van der Waals surface area contributed by atoms with Gasteiger partial charge in [0.25, 0.3) is 0 Å². The molecule has 3 rings (SSSR count). The number of aromatic nitrogens is 1. The van der Waals surface area contributed by atoms with Gasteiger partial charge in [-0.05, 0) is 43.6 Å². The van der Waals surface area contributed by atoms with E-state index >= 15 is 0 Å². The third kappa shape index (κ3) is 1.52. The average molecular weight is 229 g/mol. The van der Waals surface area contributed by atoms with E-state index < -0.39 is 0 Å². The van der Waals surface area contributed by atoms with Crippen LogP contribution in [0, 0.1) is 0 Å². The standard InChI is InChI=1S/C14H15NS/c1-16-14-10-6-2-4-8-12(10)15-13-9-5-3-7-11(13)14/h2,4,6,8H,3,5,7,9H2,1H3. The van der Waals surface area contributed by atoms with Crippen LogP contribution in [0.3, 0.4) is 0 Å². The van der Waals surface area contributed by atoms with Crippen LogP contribution in [0.4, 0.5) is 0 Å². The minimum atomic E-state index is 1.16. The van der Waals surface area contributed by atoms with Crippen molar-refractivity contribution in [1.29, 1.82) is 0 Å². The van der Waals surface area contributed by atoms with Crippen molar-refractivity contribution in [2.24, 2.45) is 0 Å². The van der Waals surface area contributed by atoms with Crippen molar-refractivity contribution in [2.45, 2.75) is 30.6 Å². The quantitative estimate of drug-likeness (QED) is 0.689. The first kappa shape index (κ1) is 10.2. The number of thioether (sulfide) groups is 1. The summed E-state index contributed by atoms with van der Waals surface area (Å²) in [6.45, 7) is 0. The van der Waals surface area contributed by atoms with Gasteiger partial charge in [-0.15, -0.1) is 11.8 Å². The first-order chi connectivity index (χ1) is 7.90. The Morgan fingerprint density at radius 1 is 1.12 bits per heavy atom. The SMILES string of the molecule is CSc1c2c(nc3ccccc13)CCCC2. The minimum Gasteiger partial charge on any atom is -0.252 e. The van der Waals surface area contributed by atoms with Crippen LogP contribution in [0.2, 0.25) is 0 Å². The van der Waals surface area contributed by atoms with E-state index in [9.17, 15) is 0 Å². The van der Waals surface area contributed by atoms with Gasteiger partial charge in [-0.2, -0.15) is 0 Å². The Balaban J connectivity index is 2.35. The van der Waals surface area contributed by atoms with Gasteiger partial charge in [0.05, 0.1) is 5.52 Å². The van der Waals surface area contributed by atoms with Gasteiger partial charge in [0, 0.05) is 16.0 Å². The molecule has 0 spiro atoms. The summed E-state index contributed by atoms with van der Waals surface area (Å²) in [7, 11) is 0. The van der Waals surface area contributed by atoms with Crippen molar-refractivity contribution in [3.63, 3.8) is 0 Å². The fraction of sp³-hybridized carbons (Fsp3) is 0.357. The molecule has 0 radical (unpaired) electrons. The van der Waals surface area contributed by atoms with Gasteiger partial charge in [-0.3, -0.25) is 4.98 Å². The number of nitrogens with zero attached hydrogens (tertiary/aromatic N) is 1. The number of aryl methyl sites for hydroxylation is 1. The largest absolute Gasteiger partial charge is 0.252 e. The van der Waals surface area contributed by atoms with E-state index in [0.29, 0.717) is 0 Å². The second kappa shape index (κ2) is 4.10. The molecule has 2 heteroatoms. The monoisotopic (exact) mass is 229 g/mol. The van der Waals surface area contributed by atoms with Crippen LogP contribution in [0.15, 0.2) is 29.2 Å². The van der Waals surface area contributed by atoms with E-state index in [1.807, 2.05) is 11.8 Å². The molecule has 1 aliphatic rings. The Kier molecular flexibility index (Phi) is 2.60. The van der Waals surface area contributed by atoms with Gasteiger partial charge in [0.15, 0.2) is 0 Å². The molecular weight excluding hydrogens is 214 g/mol. The summed E-state index contributed by atoms with van der Waals surface area (Å²) in [6, 6.07) is 8.51. The maximum Gasteiger partial charge on any atom is 0.0716 e. The zero-order valence-corrected chi connectivity index (χ0v) is 10.3. The predicted molar refractivity (Wildman–Crippen MR) is 70.2 cm³/mol. The third-order valence-corrected chi connectivity index (χ3v) is 4.20. The van der Waals surface area contributed by atoms with Crippen LogP contribution in [-0.2, 0) is 12.8 Å². The van der Waals surface area contributed by atoms with Gasteiger partial charge in [-0.1, -0.05) is 18.2 Å². The number of hydrogen-bond acceptors (Lipinski definition) is 2. The second-order valence-corrected chi connectivity index (χ2v) is 5.11. The van der Waals surface area contributed by atoms with Gasteiger partial charge in [0.1, 0.15) is 0 Å². The summed E-state index contributed by atoms with van der Waals surface area (Å²) < 4.78 is 0. The lowest BCUT2D eigenvalue weighted by molar-refractivity contribution is 0.662. The van der Waals surface area contributed by atoms with Gasteiger partial charge in [-0.25, -0.2) is 0 Å². The molecule has 82 valence electrons. The number of fused-ring (bicyclic) bond motifs is 2. The Hall–Kier alpha value is -1.02. The van der Waals surface area contributed by atoms with Crippen molar-refractivity contribution in [2.75, 3.05) is 6.26 Å². The molecule has 0 unspecified atom stereocenters. The van der Waals surface area contributed by atoms with E-state index in [1.165, 1.54) is 40.8 Å². The summed E-state index contributed by atoms with van der Waals surface area (Å²) in [5, 5.41) is 1.33. The van der Waals surface area contributed by atoms with Crippen LogP contribution in [0.5, 0.6) is 0 Å². The summed E-state index contributed by atoms with van der Waals surface area (Å²) in [5.74, 6) is 0. The zero-order valence-electron chi connectivity index (χ0n) is 9.49. The smallest absolute Gasteiger partial charge is 0.0716 e. The third-order valence-electron chi connectivity index (χ3n) is 3.32. The Morgan fingerprint density at radius 2 is 1.94 bits per heavy atom. The lowest BCUT2D eigenvalue weighted by atomic mass is 9.94. The van der Waals surface area contributed by atoms with Crippen molar-refractivity contribution >= 4 is 22.7 Å². The molecule has 1 aromatic heterocycles. The molecule has 1 nitrogen and oxygen atoms in total. The molecule has 0 aliphatic heterocycles. The number of hydrogen-bond donors (Lipinski definition) is 0. The molecule has 1 heterocycles. The molecule has 0 saturated carbocycles. The molecule has 0 bridgehead atoms. The Bertz CT molecular complexity index is 533. The van der Waals surface area contributed by atoms with E-state index in [4.69, 9.17) is 4.98 Å². The van der Waals surface area contributed by atoms with Gasteiger partial charge < -0.3 is 0 Å². The van der Waals surface area contributed by atoms with Gasteiger partial charge >= 0.3 is 0 Å². The van der Waals surface area contributed by atoms with Crippen molar-refractivity contribution in [1.82, 2.24) is 4.98 Å². The van der Waals surface area contributed by atoms with E-state index in [2.05, 4.69) is 30.5 Å². The fourth-order valence-corrected chi connectivity index (χ4v) is 3.42. The van der Waals surface area contributed by atoms with Crippen LogP contribution in [0.1, 0.15) is 24.1 Å². The highest BCUT2D eigenvalue weighted by molar-refractivity contribution is 7.98. The summed E-state index contributed by atoms with van der Waals surface area (Å²) in [6.07, 6.45) is 7.17. The van der Waals surface area contributed by atoms with Crippen LogP contribution in [-0.4, -0.2) is 11.2 Å². The summed E-state index contributed by atoms with van der Waals surface area (Å²) in [5.41, 5.74) is 4.01. The minimum absolute atomic E-state index is 1.16. The molecular formula is C14H15NS. The van der Waals surface area contributed by atoms with Crippen molar-refractivity contribution in [3.8, 4) is 0 Å². The fourth-order valence-electron chi connectivity index (χ4n) is 2.56. The first-order valence-corrected chi connectivity index (χ1v) is 7.07. The van der Waals surface area contributed by atoms with E-state index in [0.717, 1.165) is 11.9 Å². The van der Waals surface area contributed by atoms with Crippen molar-refractivity contribution in [3.05, 3.63) is 35.5 Å². The molecule has 1 aliphatic carbocycles. The molecule has 0 fully saturated rings. The number of rotatable bonds is 1. The van der Waals surface area contributed by atoms with E-state index in [-0.39, 0.29) is 0 Å². The highest BCUT2D eigenvalue weighted by atomic mass is 32.2. The Labute approximate surface area is 100 Å². The normalized spacial score (nSPS) is 15.1. The second-order valence-electron chi connectivity index (χ2n) is 4.29. The van der Waals surface area contributed by atoms with Crippen LogP contribution in [0.25, 0.3) is 10.9 Å². The summed E-state index contributed by atoms with van der Waals surface area (Å²) in [4.78, 5) is 6.27. The Morgan fingerprint density at radius 3 is 2.81 bits per heavy atom. The molecule has 1 aromatic carbocycles. The highest BCUT2D eigenvalue weighted by Gasteiger charge is 2.16. The lowest BCUT2D eigenvalue weighted by Gasteiger charge is -2.19. The molecule has 0 atom stereocenters. The first-order valence-electron chi connectivity index (χ1n) is 5.84. The zero-order chi connectivity index (χ0) is 11.0. The molecule has 16 heavy (non-hydrogen) atoms. The van der Waals surface area contributed by atoms with E-state index in [1.54, 1.807) is 0 Å². The maximum absolute atomic E-state index is 4.81. The number of pyridine rings is 1. The maximum atomic E-state index is 4.81. The summed E-state index contributed by atoms with van der Waals surface area (Å²) >= 11 is 1.87. The van der Waals surface area contributed by atoms with Crippen molar-refractivity contribution < 1.29 is 0 Å². The number of para-hydroxylation sites is 1. The lowest BCUT2D eigenvalue weighted by Crippen LogP contribution is -2.07. The predicted octanol–water partition coefficient (Wildman–Crippen LogP) is 3.84. The van der Waals surface area contributed by atoms with Crippen LogP contribution >= 0.6 is 11.8 Å². The van der Waals surface area contributed by atoms with Crippen LogP contribution < -0.4 is 0 Å². The molecule has 0 N–H and O–H groups in total. The molecule has 0 saturated heterocycles.